The first kappa shape index (κ1) is 10.7. The highest BCUT2D eigenvalue weighted by Gasteiger charge is 2.10. The maximum atomic E-state index is 11.0. The van der Waals surface area contributed by atoms with Crippen LogP contribution >= 0.6 is 0 Å². The third kappa shape index (κ3) is 1.92. The molecule has 0 aliphatic carbocycles. The molecular weight excluding hydrogens is 206 g/mol. The number of ether oxygens (including phenoxy) is 1. The van der Waals surface area contributed by atoms with Gasteiger partial charge in [-0.25, -0.2) is 4.79 Å². The fourth-order valence-corrected chi connectivity index (χ4v) is 1.69. The van der Waals surface area contributed by atoms with E-state index in [0.29, 0.717) is 18.8 Å². The van der Waals surface area contributed by atoms with Crippen molar-refractivity contribution < 1.29 is 14.6 Å². The van der Waals surface area contributed by atoms with E-state index < -0.39 is 5.97 Å². The molecule has 16 heavy (non-hydrogen) atoms. The quantitative estimate of drug-likeness (QED) is 0.830. The van der Waals surface area contributed by atoms with Crippen molar-refractivity contribution in [3.05, 3.63) is 35.5 Å². The molecule has 4 nitrogen and oxygen atoms in total. The van der Waals surface area contributed by atoms with Crippen LogP contribution in [-0.4, -0.2) is 22.7 Å². The number of hydrogen-bond donors (Lipinski definition) is 2. The van der Waals surface area contributed by atoms with Gasteiger partial charge in [0.15, 0.2) is 0 Å². The molecule has 2 N–H and O–H groups in total. The molecular formula is C12H13NO3. The summed E-state index contributed by atoms with van der Waals surface area (Å²) >= 11 is 0. The van der Waals surface area contributed by atoms with Crippen molar-refractivity contribution in [1.29, 1.82) is 0 Å². The summed E-state index contributed by atoms with van der Waals surface area (Å²) < 4.78 is 5.27. The van der Waals surface area contributed by atoms with Crippen LogP contribution in [-0.2, 0) is 11.3 Å². The number of hydrogen-bond acceptors (Lipinski definition) is 2. The van der Waals surface area contributed by atoms with Crippen LogP contribution in [0.25, 0.3) is 10.9 Å². The molecule has 1 aromatic heterocycles. The number of H-pyrrole nitrogens is 1. The van der Waals surface area contributed by atoms with Gasteiger partial charge < -0.3 is 14.8 Å². The van der Waals surface area contributed by atoms with Crippen LogP contribution in [0.2, 0.25) is 0 Å². The van der Waals surface area contributed by atoms with E-state index in [1.54, 1.807) is 12.1 Å². The maximum Gasteiger partial charge on any atom is 0.336 e. The van der Waals surface area contributed by atoms with Crippen LogP contribution in [0, 0.1) is 0 Å². The van der Waals surface area contributed by atoms with Crippen LogP contribution in [0.4, 0.5) is 0 Å². The first-order valence-corrected chi connectivity index (χ1v) is 5.14. The van der Waals surface area contributed by atoms with Crippen molar-refractivity contribution in [2.75, 3.05) is 6.61 Å². The zero-order chi connectivity index (χ0) is 11.5. The molecule has 4 heteroatoms. The summed E-state index contributed by atoms with van der Waals surface area (Å²) in [5.41, 5.74) is 2.04. The van der Waals surface area contributed by atoms with Crippen molar-refractivity contribution in [1.82, 2.24) is 4.98 Å². The van der Waals surface area contributed by atoms with E-state index in [9.17, 15) is 4.79 Å². The summed E-state index contributed by atoms with van der Waals surface area (Å²) in [5.74, 6) is -0.910. The largest absolute Gasteiger partial charge is 0.478 e. The number of carboxylic acids is 1. The number of carboxylic acid groups (broad SMARTS) is 1. The first-order valence-electron chi connectivity index (χ1n) is 5.14. The van der Waals surface area contributed by atoms with E-state index in [-0.39, 0.29) is 0 Å². The molecule has 1 heterocycles. The average Bonchev–Trinajstić information content (AvgIpc) is 2.68. The second-order valence-electron chi connectivity index (χ2n) is 3.50. The zero-order valence-electron chi connectivity index (χ0n) is 8.99. The lowest BCUT2D eigenvalue weighted by Gasteiger charge is -1.95. The monoisotopic (exact) mass is 219 g/mol. The lowest BCUT2D eigenvalue weighted by atomic mass is 10.1. The Kier molecular flexibility index (Phi) is 2.92. The van der Waals surface area contributed by atoms with Gasteiger partial charge in [-0.05, 0) is 25.1 Å². The Morgan fingerprint density at radius 3 is 3.00 bits per heavy atom. The van der Waals surface area contributed by atoms with Crippen LogP contribution in [0.1, 0.15) is 23.0 Å². The molecule has 2 rings (SSSR count). The minimum atomic E-state index is -0.910. The second-order valence-corrected chi connectivity index (χ2v) is 3.50. The van der Waals surface area contributed by atoms with Crippen LogP contribution in [0.3, 0.4) is 0 Å². The topological polar surface area (TPSA) is 62.3 Å². The van der Waals surface area contributed by atoms with Crippen molar-refractivity contribution >= 4 is 16.9 Å². The van der Waals surface area contributed by atoms with Gasteiger partial charge in [0.2, 0.25) is 0 Å². The van der Waals surface area contributed by atoms with Gasteiger partial charge in [0.1, 0.15) is 0 Å². The number of nitrogens with one attached hydrogen (secondary N) is 1. The predicted octanol–water partition coefficient (Wildman–Crippen LogP) is 2.40. The number of benzene rings is 1. The number of rotatable bonds is 4. The standard InChI is InChI=1S/C12H13NO3/c1-2-16-7-8-6-10-9(12(14)15)4-3-5-11(10)13-8/h3-6,13H,2,7H2,1H3,(H,14,15). The SMILES string of the molecule is CCOCc1cc2c(C(=O)O)cccc2[nH]1. The summed E-state index contributed by atoms with van der Waals surface area (Å²) in [4.78, 5) is 14.1. The number of aromatic carboxylic acids is 1. The van der Waals surface area contributed by atoms with Gasteiger partial charge in [-0.1, -0.05) is 6.07 Å². The molecule has 0 spiro atoms. The molecule has 0 atom stereocenters. The third-order valence-electron chi connectivity index (χ3n) is 2.41. The van der Waals surface area contributed by atoms with Gasteiger partial charge in [-0.2, -0.15) is 0 Å². The highest BCUT2D eigenvalue weighted by molar-refractivity contribution is 6.03. The van der Waals surface area contributed by atoms with Gasteiger partial charge in [0.25, 0.3) is 0 Å². The summed E-state index contributed by atoms with van der Waals surface area (Å²) in [6, 6.07) is 7.02. The second kappa shape index (κ2) is 4.37. The average molecular weight is 219 g/mol. The first-order chi connectivity index (χ1) is 7.72. The van der Waals surface area contributed by atoms with E-state index >= 15 is 0 Å². The Labute approximate surface area is 92.9 Å². The number of aromatic amines is 1. The summed E-state index contributed by atoms with van der Waals surface area (Å²) in [5, 5.41) is 9.75. The Balaban J connectivity index is 2.44. The van der Waals surface area contributed by atoms with Crippen LogP contribution < -0.4 is 0 Å². The Hall–Kier alpha value is -1.81. The molecule has 84 valence electrons. The highest BCUT2D eigenvalue weighted by atomic mass is 16.5. The van der Waals surface area contributed by atoms with Gasteiger partial charge in [0, 0.05) is 23.2 Å². The molecule has 1 aromatic carbocycles. The minimum absolute atomic E-state index is 0.316. The molecule has 0 aliphatic heterocycles. The molecule has 0 radical (unpaired) electrons. The summed E-state index contributed by atoms with van der Waals surface area (Å²) in [6.07, 6.45) is 0. The molecule has 0 fully saturated rings. The number of carbonyl (C=O) groups is 1. The van der Waals surface area contributed by atoms with Gasteiger partial charge in [-0.3, -0.25) is 0 Å². The van der Waals surface area contributed by atoms with E-state index in [1.165, 1.54) is 0 Å². The van der Waals surface area contributed by atoms with Crippen molar-refractivity contribution in [2.45, 2.75) is 13.5 Å². The number of aromatic nitrogens is 1. The van der Waals surface area contributed by atoms with Gasteiger partial charge in [-0.15, -0.1) is 0 Å². The van der Waals surface area contributed by atoms with E-state index in [2.05, 4.69) is 4.98 Å². The van der Waals surface area contributed by atoms with Crippen molar-refractivity contribution in [2.24, 2.45) is 0 Å². The molecule has 0 aliphatic rings. The molecule has 0 amide bonds. The molecule has 0 saturated carbocycles. The Morgan fingerprint density at radius 2 is 2.31 bits per heavy atom. The molecule has 0 bridgehead atoms. The third-order valence-corrected chi connectivity index (χ3v) is 2.41. The Morgan fingerprint density at radius 1 is 1.50 bits per heavy atom. The summed E-state index contributed by atoms with van der Waals surface area (Å²) in [7, 11) is 0. The lowest BCUT2D eigenvalue weighted by molar-refractivity contribution is 0.0699. The van der Waals surface area contributed by atoms with E-state index in [4.69, 9.17) is 9.84 Å². The Bertz CT molecular complexity index is 516. The maximum absolute atomic E-state index is 11.0. The predicted molar refractivity (Wildman–Crippen MR) is 60.6 cm³/mol. The van der Waals surface area contributed by atoms with Crippen molar-refractivity contribution in [3.8, 4) is 0 Å². The number of fused-ring (bicyclic) bond motifs is 1. The van der Waals surface area contributed by atoms with Gasteiger partial charge in [0.05, 0.1) is 12.2 Å². The smallest absolute Gasteiger partial charge is 0.336 e. The zero-order valence-corrected chi connectivity index (χ0v) is 8.99. The molecule has 2 aromatic rings. The minimum Gasteiger partial charge on any atom is -0.478 e. The molecule has 0 unspecified atom stereocenters. The normalized spacial score (nSPS) is 10.8. The van der Waals surface area contributed by atoms with E-state index in [1.807, 2.05) is 19.1 Å². The van der Waals surface area contributed by atoms with E-state index in [0.717, 1.165) is 16.6 Å². The van der Waals surface area contributed by atoms with Gasteiger partial charge >= 0.3 is 5.97 Å². The molecule has 0 saturated heterocycles. The summed E-state index contributed by atoms with van der Waals surface area (Å²) in [6.45, 7) is 3.04. The van der Waals surface area contributed by atoms with Crippen LogP contribution in [0.15, 0.2) is 24.3 Å². The fourth-order valence-electron chi connectivity index (χ4n) is 1.69. The highest BCUT2D eigenvalue weighted by Crippen LogP contribution is 2.20. The fraction of sp³-hybridized carbons (Fsp3) is 0.250. The van der Waals surface area contributed by atoms with Crippen molar-refractivity contribution in [3.63, 3.8) is 0 Å². The van der Waals surface area contributed by atoms with Crippen LogP contribution in [0.5, 0.6) is 0 Å². The lowest BCUT2D eigenvalue weighted by Crippen LogP contribution is -1.95.